The largest absolute Gasteiger partial charge is 0.480 e. The molecule has 3 rings (SSSR count). The van der Waals surface area contributed by atoms with Crippen LogP contribution in [0.4, 0.5) is 0 Å². The number of para-hydroxylation sites is 1. The highest BCUT2D eigenvalue weighted by Gasteiger charge is 2.31. The molecule has 4 amide bonds. The lowest BCUT2D eigenvalue weighted by Gasteiger charge is -2.25. The lowest BCUT2D eigenvalue weighted by Crippen LogP contribution is -2.58. The van der Waals surface area contributed by atoms with E-state index in [4.69, 9.17) is 22.9 Å². The van der Waals surface area contributed by atoms with Crippen LogP contribution in [0.1, 0.15) is 36.9 Å². The van der Waals surface area contributed by atoms with Gasteiger partial charge in [0.1, 0.15) is 18.1 Å². The van der Waals surface area contributed by atoms with E-state index < -0.39 is 53.8 Å². The molecule has 1 aromatic carbocycles. The number of carboxylic acids is 1. The number of nitrogens with two attached hydrogens (primary N) is 4. The maximum atomic E-state index is 13.5. The van der Waals surface area contributed by atoms with E-state index in [-0.39, 0.29) is 51.0 Å². The van der Waals surface area contributed by atoms with E-state index in [0.29, 0.717) is 5.69 Å². The summed E-state index contributed by atoms with van der Waals surface area (Å²) in [4.78, 5) is 76.9. The zero-order valence-electron chi connectivity index (χ0n) is 24.5. The molecule has 0 aliphatic carbocycles. The number of hydrogen-bond donors (Lipinski definition) is 10. The molecule has 0 spiro atoms. The van der Waals surface area contributed by atoms with Gasteiger partial charge in [-0.25, -0.2) is 9.78 Å². The fourth-order valence-electron chi connectivity index (χ4n) is 4.60. The number of imidazole rings is 1. The number of carboxylic acid groups (broad SMARTS) is 1. The van der Waals surface area contributed by atoms with Crippen LogP contribution in [0.2, 0.25) is 0 Å². The van der Waals surface area contributed by atoms with Gasteiger partial charge in [-0.2, -0.15) is 0 Å². The molecular formula is C28H39N11O6. The molecule has 14 N–H and O–H groups in total. The highest BCUT2D eigenvalue weighted by molar-refractivity contribution is 5.95. The number of nitrogens with one attached hydrogen (secondary N) is 5. The Kier molecular flexibility index (Phi) is 12.4. The molecule has 4 atom stereocenters. The van der Waals surface area contributed by atoms with E-state index in [0.717, 1.165) is 16.5 Å². The summed E-state index contributed by atoms with van der Waals surface area (Å²) in [5.41, 5.74) is 24.2. The second kappa shape index (κ2) is 16.4. The van der Waals surface area contributed by atoms with Crippen molar-refractivity contribution < 1.29 is 29.1 Å². The van der Waals surface area contributed by atoms with Crippen molar-refractivity contribution in [1.29, 1.82) is 0 Å². The van der Waals surface area contributed by atoms with Crippen LogP contribution in [-0.4, -0.2) is 86.3 Å². The first-order valence-corrected chi connectivity index (χ1v) is 14.2. The van der Waals surface area contributed by atoms with Gasteiger partial charge in [0.05, 0.1) is 12.4 Å². The molecule has 242 valence electrons. The number of aliphatic carboxylic acids is 1. The third-order valence-electron chi connectivity index (χ3n) is 6.94. The smallest absolute Gasteiger partial charge is 0.326 e. The first-order chi connectivity index (χ1) is 21.4. The van der Waals surface area contributed by atoms with Crippen molar-refractivity contribution in [2.45, 2.75) is 62.7 Å². The number of nitrogens with zero attached hydrogens (tertiary/aromatic N) is 2. The third kappa shape index (κ3) is 10.6. The molecule has 45 heavy (non-hydrogen) atoms. The molecule has 0 radical (unpaired) electrons. The maximum absolute atomic E-state index is 13.5. The van der Waals surface area contributed by atoms with Crippen molar-refractivity contribution in [3.63, 3.8) is 0 Å². The average Bonchev–Trinajstić information content (AvgIpc) is 3.66. The summed E-state index contributed by atoms with van der Waals surface area (Å²) in [6, 6.07) is 2.57. The van der Waals surface area contributed by atoms with E-state index in [9.17, 15) is 29.1 Å². The zero-order valence-corrected chi connectivity index (χ0v) is 24.5. The Bertz CT molecular complexity index is 1500. The fraction of sp³-hybridized carbons (Fsp3) is 0.393. The lowest BCUT2D eigenvalue weighted by atomic mass is 10.0. The van der Waals surface area contributed by atoms with Gasteiger partial charge in [0.15, 0.2) is 5.96 Å². The number of carbonyl (C=O) groups is 5. The molecule has 17 nitrogen and oxygen atoms in total. The van der Waals surface area contributed by atoms with Crippen LogP contribution in [-0.2, 0) is 36.8 Å². The Hall–Kier alpha value is -5.45. The van der Waals surface area contributed by atoms with Crippen molar-refractivity contribution in [3.05, 3.63) is 54.2 Å². The number of guanidine groups is 1. The van der Waals surface area contributed by atoms with Gasteiger partial charge in [0.25, 0.3) is 0 Å². The number of primary amides is 1. The molecule has 0 saturated carbocycles. The van der Waals surface area contributed by atoms with Gasteiger partial charge in [0.2, 0.25) is 23.6 Å². The number of benzene rings is 1. The molecule has 0 aliphatic rings. The summed E-state index contributed by atoms with van der Waals surface area (Å²) in [6.45, 7) is 0.153. The van der Waals surface area contributed by atoms with Crippen LogP contribution in [0.5, 0.6) is 0 Å². The number of aromatic nitrogens is 3. The number of H-pyrrole nitrogens is 2. The lowest BCUT2D eigenvalue weighted by molar-refractivity contribution is -0.142. The topological polar surface area (TPSA) is 303 Å². The Morgan fingerprint density at radius 2 is 1.58 bits per heavy atom. The second-order valence-corrected chi connectivity index (χ2v) is 10.4. The Morgan fingerprint density at radius 3 is 2.24 bits per heavy atom. The van der Waals surface area contributed by atoms with Crippen LogP contribution in [0.3, 0.4) is 0 Å². The molecule has 0 fully saturated rings. The fourth-order valence-corrected chi connectivity index (χ4v) is 4.60. The molecule has 0 aliphatic heterocycles. The minimum atomic E-state index is -1.30. The van der Waals surface area contributed by atoms with Crippen LogP contribution in [0, 0.1) is 0 Å². The van der Waals surface area contributed by atoms with Crippen LogP contribution < -0.4 is 38.9 Å². The van der Waals surface area contributed by atoms with Crippen molar-refractivity contribution in [2.24, 2.45) is 27.9 Å². The SMILES string of the molecule is NC(=O)CCC(NC(=O)C(N)Cc1c[nH]c2ccccc12)C(=O)NC(Cc1cnc[nH]1)C(=O)NC(CCCN=C(N)N)C(=O)O. The summed E-state index contributed by atoms with van der Waals surface area (Å²) in [5.74, 6) is -4.42. The van der Waals surface area contributed by atoms with Crippen LogP contribution >= 0.6 is 0 Å². The minimum Gasteiger partial charge on any atom is -0.480 e. The number of rotatable bonds is 18. The monoisotopic (exact) mass is 625 g/mol. The standard InChI is InChI=1S/C28H39N11O6/c29-18(10-15-12-35-19-5-2-1-4-17(15)19)24(41)37-20(7-8-23(30)40)25(42)39-22(11-16-13-33-14-36-16)26(43)38-21(27(44)45)6-3-9-34-28(31)32/h1-2,4-5,12-14,18,20-22,35H,3,6-11,29H2,(H2,30,40)(H,33,36)(H,37,41)(H,38,43)(H,39,42)(H,44,45)(H4,31,32,34). The van der Waals surface area contributed by atoms with Crippen LogP contribution in [0.15, 0.2) is 48.0 Å². The highest BCUT2D eigenvalue weighted by Crippen LogP contribution is 2.19. The van der Waals surface area contributed by atoms with Gasteiger partial charge in [0, 0.05) is 48.4 Å². The third-order valence-corrected chi connectivity index (χ3v) is 6.94. The second-order valence-electron chi connectivity index (χ2n) is 10.4. The van der Waals surface area contributed by atoms with Gasteiger partial charge in [-0.05, 0) is 37.3 Å². The van der Waals surface area contributed by atoms with E-state index in [1.54, 1.807) is 6.20 Å². The average molecular weight is 626 g/mol. The van der Waals surface area contributed by atoms with Gasteiger partial charge in [-0.15, -0.1) is 0 Å². The van der Waals surface area contributed by atoms with Crippen LogP contribution in [0.25, 0.3) is 10.9 Å². The normalized spacial score (nSPS) is 13.6. The van der Waals surface area contributed by atoms with Crippen molar-refractivity contribution >= 4 is 46.5 Å². The predicted molar refractivity (Wildman–Crippen MR) is 164 cm³/mol. The predicted octanol–water partition coefficient (Wildman–Crippen LogP) is -2.14. The Labute approximate surface area is 258 Å². The van der Waals surface area contributed by atoms with E-state index in [1.807, 2.05) is 24.3 Å². The summed E-state index contributed by atoms with van der Waals surface area (Å²) in [5, 5.41) is 18.1. The Balaban J connectivity index is 1.73. The number of aliphatic imine (C=N–C) groups is 1. The van der Waals surface area contributed by atoms with E-state index in [1.165, 1.54) is 12.5 Å². The number of carbonyl (C=O) groups excluding carboxylic acids is 4. The summed E-state index contributed by atoms with van der Waals surface area (Å²) in [7, 11) is 0. The summed E-state index contributed by atoms with van der Waals surface area (Å²) >= 11 is 0. The number of hydrogen-bond acceptors (Lipinski definition) is 8. The number of fused-ring (bicyclic) bond motifs is 1. The van der Waals surface area contributed by atoms with E-state index in [2.05, 4.69) is 35.9 Å². The minimum absolute atomic E-state index is 0.00812. The van der Waals surface area contributed by atoms with Crippen molar-refractivity contribution in [1.82, 2.24) is 30.9 Å². The molecule has 4 unspecified atom stereocenters. The molecule has 0 bridgehead atoms. The molecule has 3 aromatic rings. The maximum Gasteiger partial charge on any atom is 0.326 e. The zero-order chi connectivity index (χ0) is 32.9. The Morgan fingerprint density at radius 1 is 0.889 bits per heavy atom. The van der Waals surface area contributed by atoms with E-state index >= 15 is 0 Å². The number of aromatic amines is 2. The highest BCUT2D eigenvalue weighted by atomic mass is 16.4. The van der Waals surface area contributed by atoms with Gasteiger partial charge < -0.3 is 54.0 Å². The summed E-state index contributed by atoms with van der Waals surface area (Å²) < 4.78 is 0. The van der Waals surface area contributed by atoms with Crippen molar-refractivity contribution in [2.75, 3.05) is 6.54 Å². The van der Waals surface area contributed by atoms with Crippen molar-refractivity contribution in [3.8, 4) is 0 Å². The number of amides is 4. The molecule has 2 heterocycles. The van der Waals surface area contributed by atoms with Gasteiger partial charge in [-0.1, -0.05) is 18.2 Å². The van der Waals surface area contributed by atoms with Gasteiger partial charge in [-0.3, -0.25) is 24.2 Å². The van der Waals surface area contributed by atoms with Gasteiger partial charge >= 0.3 is 5.97 Å². The summed E-state index contributed by atoms with van der Waals surface area (Å²) in [6.07, 6.45) is 4.48. The first-order valence-electron chi connectivity index (χ1n) is 14.2. The molecule has 2 aromatic heterocycles. The molecule has 0 saturated heterocycles. The molecular weight excluding hydrogens is 586 g/mol. The first kappa shape index (κ1) is 34.0. The quantitative estimate of drug-likeness (QED) is 0.0415. The molecule has 17 heteroatoms.